The van der Waals surface area contributed by atoms with Crippen LogP contribution in [0.15, 0.2) is 30.9 Å². The van der Waals surface area contributed by atoms with Crippen molar-refractivity contribution in [2.75, 3.05) is 5.32 Å². The quantitative estimate of drug-likeness (QED) is 0.787. The molecule has 0 aromatic heterocycles. The summed E-state index contributed by atoms with van der Waals surface area (Å²) in [6, 6.07) is 3.96. The molecule has 0 atom stereocenters. The minimum atomic E-state index is -3.65. The summed E-state index contributed by atoms with van der Waals surface area (Å²) in [5.41, 5.74) is 0.324. The number of anilines is 1. The maximum absolute atomic E-state index is 12.6. The average Bonchev–Trinajstić information content (AvgIpc) is 2.51. The largest absolute Gasteiger partial charge is 0.586 e. The lowest BCUT2D eigenvalue weighted by molar-refractivity contribution is -0.286. The summed E-state index contributed by atoms with van der Waals surface area (Å²) in [5, 5.41) is 2.41. The van der Waals surface area contributed by atoms with Gasteiger partial charge in [-0.15, -0.1) is 8.78 Å². The van der Waals surface area contributed by atoms with Gasteiger partial charge in [-0.25, -0.2) is 0 Å². The lowest BCUT2D eigenvalue weighted by atomic mass is 10.3. The fourth-order valence-corrected chi connectivity index (χ4v) is 1.22. The number of carbonyl (C=O) groups excluding carboxylic acids is 1. The van der Waals surface area contributed by atoms with Crippen molar-refractivity contribution in [1.82, 2.24) is 0 Å². The topological polar surface area (TPSA) is 47.6 Å². The van der Waals surface area contributed by atoms with Crippen molar-refractivity contribution in [2.24, 2.45) is 0 Å². The second kappa shape index (κ2) is 3.48. The van der Waals surface area contributed by atoms with Gasteiger partial charge in [0.25, 0.3) is 0 Å². The fourth-order valence-electron chi connectivity index (χ4n) is 1.22. The van der Waals surface area contributed by atoms with Crippen LogP contribution in [0.5, 0.6) is 11.5 Å². The molecule has 1 aliphatic rings. The molecule has 1 amide bonds. The highest BCUT2D eigenvalue weighted by atomic mass is 19.3. The molecule has 0 aliphatic carbocycles. The molecule has 1 aliphatic heterocycles. The van der Waals surface area contributed by atoms with E-state index in [1.54, 1.807) is 0 Å². The van der Waals surface area contributed by atoms with Crippen LogP contribution in [0.25, 0.3) is 0 Å². The first-order valence-corrected chi connectivity index (χ1v) is 4.33. The predicted octanol–water partition coefficient (Wildman–Crippen LogP) is 2.13. The van der Waals surface area contributed by atoms with Crippen LogP contribution in [-0.4, -0.2) is 12.2 Å². The van der Waals surface area contributed by atoms with Crippen molar-refractivity contribution in [3.63, 3.8) is 0 Å². The summed E-state index contributed by atoms with van der Waals surface area (Å²) in [7, 11) is 0. The molecular weight excluding hydrogens is 220 g/mol. The van der Waals surface area contributed by atoms with Gasteiger partial charge in [-0.05, 0) is 18.2 Å². The first-order valence-electron chi connectivity index (χ1n) is 4.33. The van der Waals surface area contributed by atoms with E-state index < -0.39 is 12.2 Å². The highest BCUT2D eigenvalue weighted by Gasteiger charge is 2.43. The summed E-state index contributed by atoms with van der Waals surface area (Å²) < 4.78 is 33.7. The molecule has 1 N–H and O–H groups in total. The highest BCUT2D eigenvalue weighted by molar-refractivity contribution is 5.99. The molecule has 0 spiro atoms. The Kier molecular flexibility index (Phi) is 2.26. The number of hydrogen-bond acceptors (Lipinski definition) is 3. The fraction of sp³-hybridized carbons (Fsp3) is 0.100. The first-order chi connectivity index (χ1) is 7.50. The van der Waals surface area contributed by atoms with Crippen LogP contribution in [0.3, 0.4) is 0 Å². The van der Waals surface area contributed by atoms with E-state index in [0.29, 0.717) is 5.69 Å². The standard InChI is InChI=1S/C10H7F2NO3/c1-2-9(14)13-6-3-4-7-8(5-6)16-10(11,12)15-7/h2-5H,1H2,(H,13,14). The van der Waals surface area contributed by atoms with Crippen molar-refractivity contribution >= 4 is 11.6 Å². The molecule has 0 saturated heterocycles. The zero-order valence-electron chi connectivity index (χ0n) is 8.00. The lowest BCUT2D eigenvalue weighted by Gasteiger charge is -2.04. The molecule has 0 radical (unpaired) electrons. The van der Waals surface area contributed by atoms with Crippen LogP contribution in [0.2, 0.25) is 0 Å². The molecule has 1 heterocycles. The Bertz CT molecular complexity index is 459. The SMILES string of the molecule is C=CC(=O)Nc1ccc2c(c1)OC(F)(F)O2. The molecule has 16 heavy (non-hydrogen) atoms. The number of benzene rings is 1. The van der Waals surface area contributed by atoms with E-state index in [1.807, 2.05) is 0 Å². The van der Waals surface area contributed by atoms with Crippen LogP contribution in [0.1, 0.15) is 0 Å². The van der Waals surface area contributed by atoms with Crippen LogP contribution in [0, 0.1) is 0 Å². The summed E-state index contributed by atoms with van der Waals surface area (Å²) in [6.45, 7) is 3.26. The van der Waals surface area contributed by atoms with Crippen molar-refractivity contribution < 1.29 is 23.0 Å². The highest BCUT2D eigenvalue weighted by Crippen LogP contribution is 2.42. The van der Waals surface area contributed by atoms with Gasteiger partial charge in [0.15, 0.2) is 11.5 Å². The Labute approximate surface area is 89.5 Å². The second-order valence-electron chi connectivity index (χ2n) is 3.02. The number of rotatable bonds is 2. The van der Waals surface area contributed by atoms with E-state index in [-0.39, 0.29) is 11.5 Å². The van der Waals surface area contributed by atoms with E-state index in [1.165, 1.54) is 18.2 Å². The summed E-state index contributed by atoms with van der Waals surface area (Å²) >= 11 is 0. The number of amides is 1. The van der Waals surface area contributed by atoms with Gasteiger partial charge >= 0.3 is 6.29 Å². The van der Waals surface area contributed by atoms with Crippen LogP contribution in [0.4, 0.5) is 14.5 Å². The van der Waals surface area contributed by atoms with Gasteiger partial charge in [0.1, 0.15) is 0 Å². The molecule has 0 unspecified atom stereocenters. The Morgan fingerprint density at radius 3 is 2.75 bits per heavy atom. The Hall–Kier alpha value is -2.11. The van der Waals surface area contributed by atoms with Crippen molar-refractivity contribution in [3.05, 3.63) is 30.9 Å². The third-order valence-corrected chi connectivity index (χ3v) is 1.85. The van der Waals surface area contributed by atoms with E-state index >= 15 is 0 Å². The summed E-state index contributed by atoms with van der Waals surface area (Å²) in [5.74, 6) is -0.626. The van der Waals surface area contributed by atoms with Gasteiger partial charge in [-0.3, -0.25) is 4.79 Å². The van der Waals surface area contributed by atoms with E-state index in [4.69, 9.17) is 0 Å². The van der Waals surface area contributed by atoms with Gasteiger partial charge in [0, 0.05) is 11.8 Å². The van der Waals surface area contributed by atoms with Crippen molar-refractivity contribution in [2.45, 2.75) is 6.29 Å². The summed E-state index contributed by atoms with van der Waals surface area (Å²) in [4.78, 5) is 11.0. The maximum Gasteiger partial charge on any atom is 0.586 e. The molecule has 84 valence electrons. The molecule has 0 saturated carbocycles. The normalized spacial score (nSPS) is 15.6. The number of carbonyl (C=O) groups is 1. The molecule has 1 aromatic carbocycles. The zero-order valence-corrected chi connectivity index (χ0v) is 8.00. The number of alkyl halides is 2. The van der Waals surface area contributed by atoms with Gasteiger partial charge < -0.3 is 14.8 Å². The van der Waals surface area contributed by atoms with E-state index in [0.717, 1.165) is 6.08 Å². The Morgan fingerprint density at radius 2 is 2.06 bits per heavy atom. The van der Waals surface area contributed by atoms with E-state index in [2.05, 4.69) is 21.4 Å². The second-order valence-corrected chi connectivity index (χ2v) is 3.02. The number of ether oxygens (including phenoxy) is 2. The minimum Gasteiger partial charge on any atom is -0.395 e. The van der Waals surface area contributed by atoms with Crippen LogP contribution >= 0.6 is 0 Å². The molecular formula is C10H7F2NO3. The van der Waals surface area contributed by atoms with Crippen LogP contribution in [-0.2, 0) is 4.79 Å². The minimum absolute atomic E-state index is 0.0680. The molecule has 6 heteroatoms. The van der Waals surface area contributed by atoms with Gasteiger partial charge in [-0.1, -0.05) is 6.58 Å². The number of nitrogens with one attached hydrogen (secondary N) is 1. The van der Waals surface area contributed by atoms with Crippen molar-refractivity contribution in [1.29, 1.82) is 0 Å². The monoisotopic (exact) mass is 227 g/mol. The Morgan fingerprint density at radius 1 is 1.38 bits per heavy atom. The molecule has 4 nitrogen and oxygen atoms in total. The number of halogens is 2. The average molecular weight is 227 g/mol. The third kappa shape index (κ3) is 1.95. The molecule has 2 rings (SSSR count). The molecule has 1 aromatic rings. The zero-order chi connectivity index (χ0) is 11.8. The number of hydrogen-bond donors (Lipinski definition) is 1. The van der Waals surface area contributed by atoms with Gasteiger partial charge in [-0.2, -0.15) is 0 Å². The molecule has 0 bridgehead atoms. The van der Waals surface area contributed by atoms with E-state index in [9.17, 15) is 13.6 Å². The third-order valence-electron chi connectivity index (χ3n) is 1.85. The van der Waals surface area contributed by atoms with Gasteiger partial charge in [0.2, 0.25) is 5.91 Å². The molecule has 0 fully saturated rings. The predicted molar refractivity (Wildman–Crippen MR) is 51.5 cm³/mol. The Balaban J connectivity index is 2.22. The van der Waals surface area contributed by atoms with Crippen molar-refractivity contribution in [3.8, 4) is 11.5 Å². The van der Waals surface area contributed by atoms with Crippen LogP contribution < -0.4 is 14.8 Å². The number of fused-ring (bicyclic) bond motifs is 1. The lowest BCUT2D eigenvalue weighted by Crippen LogP contribution is -2.25. The van der Waals surface area contributed by atoms with Gasteiger partial charge in [0.05, 0.1) is 0 Å². The summed E-state index contributed by atoms with van der Waals surface area (Å²) in [6.07, 6.45) is -2.58. The first kappa shape index (κ1) is 10.4. The maximum atomic E-state index is 12.6. The smallest absolute Gasteiger partial charge is 0.395 e.